The molecule has 0 N–H and O–H groups in total. The lowest BCUT2D eigenvalue weighted by atomic mass is 9.81. The molecule has 0 fully saturated rings. The zero-order chi connectivity index (χ0) is 26.9. The Bertz CT molecular complexity index is 2330. The summed E-state index contributed by atoms with van der Waals surface area (Å²) in [7, 11) is 0. The molecule has 0 radical (unpaired) electrons. The fourth-order valence-corrected chi connectivity index (χ4v) is 6.44. The SMILES string of the molecule is c1ccc2c(c1)-c1cc(-c3cccc4c3oc3ccccc34)ccc1-c1ccccc1-c1nc3ncccc3cc1-2. The molecule has 3 nitrogen and oxygen atoms in total. The molecule has 3 heterocycles. The van der Waals surface area contributed by atoms with Gasteiger partial charge in [0.1, 0.15) is 11.2 Å². The molecular formula is C38H22N2O. The Morgan fingerprint density at radius 2 is 1.15 bits per heavy atom. The zero-order valence-corrected chi connectivity index (χ0v) is 22.0. The molecule has 190 valence electrons. The average Bonchev–Trinajstić information content (AvgIpc) is 3.42. The molecule has 0 saturated carbocycles. The minimum Gasteiger partial charge on any atom is -0.455 e. The lowest BCUT2D eigenvalue weighted by Crippen LogP contribution is -2.00. The molecule has 0 amide bonds. The van der Waals surface area contributed by atoms with Crippen molar-refractivity contribution in [3.8, 4) is 55.8 Å². The van der Waals surface area contributed by atoms with E-state index >= 15 is 0 Å². The van der Waals surface area contributed by atoms with Crippen LogP contribution < -0.4 is 0 Å². The first-order valence-electron chi connectivity index (χ1n) is 13.8. The van der Waals surface area contributed by atoms with Crippen LogP contribution in [0.25, 0.3) is 88.7 Å². The third-order valence-electron chi connectivity index (χ3n) is 8.30. The summed E-state index contributed by atoms with van der Waals surface area (Å²) in [5, 5.41) is 3.31. The highest BCUT2D eigenvalue weighted by molar-refractivity contribution is 6.10. The molecule has 0 aliphatic heterocycles. The Kier molecular flexibility index (Phi) is 4.61. The second-order valence-corrected chi connectivity index (χ2v) is 10.6. The molecular weight excluding hydrogens is 500 g/mol. The summed E-state index contributed by atoms with van der Waals surface area (Å²) in [6.45, 7) is 0. The van der Waals surface area contributed by atoms with Crippen molar-refractivity contribution in [3.63, 3.8) is 0 Å². The maximum atomic E-state index is 6.43. The molecule has 41 heavy (non-hydrogen) atoms. The quantitative estimate of drug-likeness (QED) is 0.215. The lowest BCUT2D eigenvalue weighted by Gasteiger charge is -2.23. The molecule has 3 heteroatoms. The van der Waals surface area contributed by atoms with Gasteiger partial charge in [-0.25, -0.2) is 9.97 Å². The van der Waals surface area contributed by atoms with Crippen molar-refractivity contribution in [2.24, 2.45) is 0 Å². The highest BCUT2D eigenvalue weighted by atomic mass is 16.3. The zero-order valence-electron chi connectivity index (χ0n) is 22.0. The fraction of sp³-hybridized carbons (Fsp3) is 0. The Labute approximate surface area is 236 Å². The van der Waals surface area contributed by atoms with Crippen LogP contribution in [0.3, 0.4) is 0 Å². The van der Waals surface area contributed by atoms with E-state index in [2.05, 4.69) is 114 Å². The van der Waals surface area contributed by atoms with Crippen LogP contribution in [-0.4, -0.2) is 9.97 Å². The molecule has 9 rings (SSSR count). The Hall–Kier alpha value is -5.54. The largest absolute Gasteiger partial charge is 0.455 e. The predicted molar refractivity (Wildman–Crippen MR) is 168 cm³/mol. The van der Waals surface area contributed by atoms with Crippen molar-refractivity contribution in [2.75, 3.05) is 0 Å². The number of aromatic nitrogens is 2. The van der Waals surface area contributed by atoms with Crippen LogP contribution in [0.5, 0.6) is 0 Å². The molecule has 0 bridgehead atoms. The Morgan fingerprint density at radius 3 is 2.02 bits per heavy atom. The van der Waals surface area contributed by atoms with Crippen molar-refractivity contribution < 1.29 is 4.42 Å². The van der Waals surface area contributed by atoms with E-state index in [1.54, 1.807) is 0 Å². The van der Waals surface area contributed by atoms with Gasteiger partial charge in [0.2, 0.25) is 0 Å². The van der Waals surface area contributed by atoms with E-state index in [1.165, 1.54) is 16.7 Å². The van der Waals surface area contributed by atoms with Crippen molar-refractivity contribution in [2.45, 2.75) is 0 Å². The Balaban J connectivity index is 1.36. The van der Waals surface area contributed by atoms with Gasteiger partial charge in [0.25, 0.3) is 0 Å². The van der Waals surface area contributed by atoms with Crippen LogP contribution in [0.4, 0.5) is 0 Å². The maximum Gasteiger partial charge on any atom is 0.159 e. The average molecular weight is 523 g/mol. The van der Waals surface area contributed by atoms with Gasteiger partial charge in [-0.1, -0.05) is 97.1 Å². The molecule has 0 atom stereocenters. The van der Waals surface area contributed by atoms with Gasteiger partial charge < -0.3 is 4.42 Å². The minimum atomic E-state index is 0.758. The number of rotatable bonds is 1. The van der Waals surface area contributed by atoms with Crippen LogP contribution in [0.2, 0.25) is 0 Å². The van der Waals surface area contributed by atoms with Crippen LogP contribution in [0.15, 0.2) is 138 Å². The molecule has 5 aromatic carbocycles. The van der Waals surface area contributed by atoms with Gasteiger partial charge in [0.05, 0.1) is 5.69 Å². The van der Waals surface area contributed by atoms with Crippen molar-refractivity contribution in [3.05, 3.63) is 134 Å². The number of para-hydroxylation sites is 2. The van der Waals surface area contributed by atoms with E-state index in [4.69, 9.17) is 9.40 Å². The Morgan fingerprint density at radius 1 is 0.463 bits per heavy atom. The summed E-state index contributed by atoms with van der Waals surface area (Å²) in [6.07, 6.45) is 1.81. The van der Waals surface area contributed by atoms with E-state index in [0.717, 1.165) is 72.0 Å². The normalized spacial score (nSPS) is 11.9. The standard InChI is InChI=1S/C38H22N2O/c1-2-12-28-27(11-1)33-21-23(25-15-7-16-32-30-13-5-6-17-35(30)41-37(25)32)18-19-29(33)26-10-3-4-14-31(26)36-34(28)22-24-9-8-20-39-38(24)40-36/h1-22H. The van der Waals surface area contributed by atoms with Gasteiger partial charge in [0.15, 0.2) is 5.65 Å². The molecule has 3 aromatic heterocycles. The first kappa shape index (κ1) is 22.3. The van der Waals surface area contributed by atoms with Crippen molar-refractivity contribution >= 4 is 33.0 Å². The summed E-state index contributed by atoms with van der Waals surface area (Å²) in [4.78, 5) is 9.71. The first-order chi connectivity index (χ1) is 20.3. The van der Waals surface area contributed by atoms with Gasteiger partial charge in [-0.3, -0.25) is 0 Å². The third-order valence-corrected chi connectivity index (χ3v) is 8.30. The van der Waals surface area contributed by atoms with Crippen molar-refractivity contribution in [1.29, 1.82) is 0 Å². The number of hydrogen-bond acceptors (Lipinski definition) is 3. The molecule has 0 spiro atoms. The highest BCUT2D eigenvalue weighted by Gasteiger charge is 2.24. The smallest absolute Gasteiger partial charge is 0.159 e. The number of furan rings is 1. The van der Waals surface area contributed by atoms with Gasteiger partial charge in [-0.15, -0.1) is 0 Å². The monoisotopic (exact) mass is 522 g/mol. The summed E-state index contributed by atoms with van der Waals surface area (Å²) in [6, 6.07) is 45.0. The van der Waals surface area contributed by atoms with Gasteiger partial charge in [0, 0.05) is 39.0 Å². The second-order valence-electron chi connectivity index (χ2n) is 10.6. The molecule has 1 aliphatic carbocycles. The summed E-state index contributed by atoms with van der Waals surface area (Å²) in [5.74, 6) is 0. The predicted octanol–water partition coefficient (Wildman–Crippen LogP) is 10.2. The number of hydrogen-bond donors (Lipinski definition) is 0. The topological polar surface area (TPSA) is 38.9 Å². The van der Waals surface area contributed by atoms with Crippen molar-refractivity contribution in [1.82, 2.24) is 9.97 Å². The summed E-state index contributed by atoms with van der Waals surface area (Å²) >= 11 is 0. The lowest BCUT2D eigenvalue weighted by molar-refractivity contribution is 0.670. The van der Waals surface area contributed by atoms with Gasteiger partial charge >= 0.3 is 0 Å². The first-order valence-corrected chi connectivity index (χ1v) is 13.8. The van der Waals surface area contributed by atoms with E-state index < -0.39 is 0 Å². The van der Waals surface area contributed by atoms with Crippen LogP contribution in [0, 0.1) is 0 Å². The van der Waals surface area contributed by atoms with Gasteiger partial charge in [-0.2, -0.15) is 0 Å². The van der Waals surface area contributed by atoms with Gasteiger partial charge in [-0.05, 0) is 63.7 Å². The molecule has 0 saturated heterocycles. The summed E-state index contributed by atoms with van der Waals surface area (Å²) < 4.78 is 6.43. The fourth-order valence-electron chi connectivity index (χ4n) is 6.44. The summed E-state index contributed by atoms with van der Waals surface area (Å²) in [5.41, 5.74) is 13.9. The third kappa shape index (κ3) is 3.26. The van der Waals surface area contributed by atoms with E-state index in [0.29, 0.717) is 0 Å². The minimum absolute atomic E-state index is 0.758. The molecule has 0 unspecified atom stereocenters. The molecule has 1 aliphatic rings. The highest BCUT2D eigenvalue weighted by Crippen LogP contribution is 2.49. The number of pyridine rings is 2. The van der Waals surface area contributed by atoms with E-state index in [1.807, 2.05) is 24.4 Å². The number of benzene rings is 5. The molecule has 8 aromatic rings. The van der Waals surface area contributed by atoms with Crippen LogP contribution >= 0.6 is 0 Å². The second kappa shape index (κ2) is 8.48. The van der Waals surface area contributed by atoms with Crippen LogP contribution in [-0.2, 0) is 0 Å². The number of fused-ring (bicyclic) bond motifs is 12. The van der Waals surface area contributed by atoms with E-state index in [9.17, 15) is 0 Å². The number of nitrogens with zero attached hydrogens (tertiary/aromatic N) is 2. The maximum absolute atomic E-state index is 6.43. The van der Waals surface area contributed by atoms with E-state index in [-0.39, 0.29) is 0 Å². The van der Waals surface area contributed by atoms with Crippen LogP contribution in [0.1, 0.15) is 0 Å².